The van der Waals surface area contributed by atoms with Crippen LogP contribution in [0.4, 0.5) is 0 Å². The zero-order valence-corrected chi connectivity index (χ0v) is 11.1. The monoisotopic (exact) mass is 299 g/mol. The van der Waals surface area contributed by atoms with Crippen LogP contribution in [0, 0.1) is 0 Å². The van der Waals surface area contributed by atoms with E-state index in [1.54, 1.807) is 11.0 Å². The number of hydrogen-bond acceptors (Lipinski definition) is 2. The van der Waals surface area contributed by atoms with E-state index < -0.39 is 0 Å². The van der Waals surface area contributed by atoms with Gasteiger partial charge in [-0.05, 0) is 24.3 Å². The fraction of sp³-hybridized carbons (Fsp3) is 0. The fourth-order valence-corrected chi connectivity index (χ4v) is 1.96. The third kappa shape index (κ3) is 2.19. The van der Waals surface area contributed by atoms with Crippen molar-refractivity contribution in [3.05, 3.63) is 65.4 Å². The molecule has 0 spiro atoms. The summed E-state index contributed by atoms with van der Waals surface area (Å²) in [6, 6.07) is 17.9. The topological polar surface area (TPSA) is 30.7 Å². The summed E-state index contributed by atoms with van der Waals surface area (Å²) in [6.07, 6.45) is 1.73. The van der Waals surface area contributed by atoms with Crippen molar-refractivity contribution in [2.75, 3.05) is 0 Å². The zero-order chi connectivity index (χ0) is 12.4. The van der Waals surface area contributed by atoms with Crippen LogP contribution in [0.5, 0.6) is 0 Å². The molecule has 0 unspecified atom stereocenters. The van der Waals surface area contributed by atoms with E-state index >= 15 is 0 Å². The minimum Gasteiger partial charge on any atom is -0.220 e. The molecule has 88 valence electrons. The normalized spacial score (nSPS) is 10.5. The van der Waals surface area contributed by atoms with Crippen LogP contribution in [0.15, 0.2) is 65.4 Å². The number of halogens is 1. The van der Waals surface area contributed by atoms with Crippen LogP contribution in [0.1, 0.15) is 0 Å². The Labute approximate surface area is 113 Å². The molecule has 2 aromatic carbocycles. The summed E-state index contributed by atoms with van der Waals surface area (Å²) in [5.74, 6) is 0.728. The van der Waals surface area contributed by atoms with Crippen molar-refractivity contribution < 1.29 is 0 Å². The number of para-hydroxylation sites is 1. The Morgan fingerprint density at radius 2 is 1.61 bits per heavy atom. The molecule has 3 nitrogen and oxygen atoms in total. The Morgan fingerprint density at radius 1 is 0.889 bits per heavy atom. The van der Waals surface area contributed by atoms with E-state index in [9.17, 15) is 0 Å². The Hall–Kier alpha value is -1.94. The second-order valence-corrected chi connectivity index (χ2v) is 4.77. The van der Waals surface area contributed by atoms with E-state index in [0.717, 1.165) is 21.5 Å². The minimum absolute atomic E-state index is 0.728. The van der Waals surface area contributed by atoms with Crippen LogP contribution in [0.25, 0.3) is 17.1 Å². The molecule has 1 aromatic heterocycles. The van der Waals surface area contributed by atoms with Crippen molar-refractivity contribution >= 4 is 15.9 Å². The molecule has 4 heteroatoms. The molecule has 0 radical (unpaired) electrons. The van der Waals surface area contributed by atoms with E-state index in [1.807, 2.05) is 54.6 Å². The standard InChI is InChI=1S/C14H10BrN3/c15-12-8-6-11(7-9-12)14-16-10-18(17-14)13-4-2-1-3-5-13/h1-10H. The van der Waals surface area contributed by atoms with Gasteiger partial charge in [0.25, 0.3) is 0 Å². The fourth-order valence-electron chi connectivity index (χ4n) is 1.70. The molecule has 0 fully saturated rings. The third-order valence-electron chi connectivity index (χ3n) is 2.62. The van der Waals surface area contributed by atoms with Crippen LogP contribution in [-0.4, -0.2) is 14.8 Å². The highest BCUT2D eigenvalue weighted by Crippen LogP contribution is 2.18. The van der Waals surface area contributed by atoms with Gasteiger partial charge in [0.15, 0.2) is 5.82 Å². The van der Waals surface area contributed by atoms with Crippen LogP contribution < -0.4 is 0 Å². The van der Waals surface area contributed by atoms with Crippen LogP contribution in [-0.2, 0) is 0 Å². The van der Waals surface area contributed by atoms with Crippen molar-refractivity contribution in [2.24, 2.45) is 0 Å². The molecule has 0 bridgehead atoms. The van der Waals surface area contributed by atoms with Gasteiger partial charge in [-0.25, -0.2) is 9.67 Å². The first-order valence-corrected chi connectivity index (χ1v) is 6.35. The average molecular weight is 300 g/mol. The Kier molecular flexibility index (Phi) is 2.94. The molecule has 0 aliphatic heterocycles. The van der Waals surface area contributed by atoms with Gasteiger partial charge in [0.1, 0.15) is 6.33 Å². The van der Waals surface area contributed by atoms with Gasteiger partial charge in [-0.15, -0.1) is 5.10 Å². The molecular formula is C14H10BrN3. The maximum Gasteiger partial charge on any atom is 0.181 e. The van der Waals surface area contributed by atoms with Crippen LogP contribution in [0.2, 0.25) is 0 Å². The Balaban J connectivity index is 1.97. The predicted molar refractivity (Wildman–Crippen MR) is 74.5 cm³/mol. The van der Waals surface area contributed by atoms with Gasteiger partial charge in [-0.2, -0.15) is 0 Å². The summed E-state index contributed by atoms with van der Waals surface area (Å²) in [5.41, 5.74) is 2.02. The molecule has 0 atom stereocenters. The quantitative estimate of drug-likeness (QED) is 0.722. The van der Waals surface area contributed by atoms with Crippen molar-refractivity contribution in [3.63, 3.8) is 0 Å². The highest BCUT2D eigenvalue weighted by molar-refractivity contribution is 9.10. The zero-order valence-electron chi connectivity index (χ0n) is 9.49. The first-order chi connectivity index (χ1) is 8.83. The molecule has 0 saturated carbocycles. The van der Waals surface area contributed by atoms with Gasteiger partial charge in [0.2, 0.25) is 0 Å². The molecule has 0 saturated heterocycles. The van der Waals surface area contributed by atoms with Gasteiger partial charge in [0.05, 0.1) is 5.69 Å². The Morgan fingerprint density at radius 3 is 2.33 bits per heavy atom. The lowest BCUT2D eigenvalue weighted by atomic mass is 10.2. The number of rotatable bonds is 2. The van der Waals surface area contributed by atoms with E-state index in [4.69, 9.17) is 0 Å². The molecule has 18 heavy (non-hydrogen) atoms. The minimum atomic E-state index is 0.728. The van der Waals surface area contributed by atoms with Crippen molar-refractivity contribution in [2.45, 2.75) is 0 Å². The van der Waals surface area contributed by atoms with Gasteiger partial charge < -0.3 is 0 Å². The molecule has 3 aromatic rings. The highest BCUT2D eigenvalue weighted by atomic mass is 79.9. The number of hydrogen-bond donors (Lipinski definition) is 0. The molecule has 0 amide bonds. The van der Waals surface area contributed by atoms with E-state index in [2.05, 4.69) is 26.0 Å². The van der Waals surface area contributed by atoms with Crippen LogP contribution in [0.3, 0.4) is 0 Å². The average Bonchev–Trinajstić information content (AvgIpc) is 2.90. The predicted octanol–water partition coefficient (Wildman–Crippen LogP) is 3.70. The molecule has 1 heterocycles. The molecule has 3 rings (SSSR count). The largest absolute Gasteiger partial charge is 0.220 e. The van der Waals surface area contributed by atoms with Gasteiger partial charge in [0, 0.05) is 10.0 Å². The number of nitrogens with zero attached hydrogens (tertiary/aromatic N) is 3. The van der Waals surface area contributed by atoms with E-state index in [1.165, 1.54) is 0 Å². The summed E-state index contributed by atoms with van der Waals surface area (Å²) < 4.78 is 2.82. The summed E-state index contributed by atoms with van der Waals surface area (Å²) in [4.78, 5) is 4.33. The lowest BCUT2D eigenvalue weighted by Gasteiger charge is -1.98. The smallest absolute Gasteiger partial charge is 0.181 e. The maximum absolute atomic E-state index is 4.47. The SMILES string of the molecule is Brc1ccc(-c2ncn(-c3ccccc3)n2)cc1. The number of benzene rings is 2. The van der Waals surface area contributed by atoms with Gasteiger partial charge in [-0.3, -0.25) is 0 Å². The highest BCUT2D eigenvalue weighted by Gasteiger charge is 2.04. The first kappa shape index (κ1) is 11.2. The van der Waals surface area contributed by atoms with Crippen molar-refractivity contribution in [1.29, 1.82) is 0 Å². The molecule has 0 aliphatic carbocycles. The van der Waals surface area contributed by atoms with E-state index in [-0.39, 0.29) is 0 Å². The van der Waals surface area contributed by atoms with Gasteiger partial charge in [-0.1, -0.05) is 46.3 Å². The Bertz CT molecular complexity index is 644. The summed E-state index contributed by atoms with van der Waals surface area (Å²) in [7, 11) is 0. The van der Waals surface area contributed by atoms with E-state index in [0.29, 0.717) is 0 Å². The molecule has 0 N–H and O–H groups in total. The summed E-state index contributed by atoms with van der Waals surface area (Å²) in [6.45, 7) is 0. The lowest BCUT2D eigenvalue weighted by molar-refractivity contribution is 0.882. The maximum atomic E-state index is 4.47. The molecule has 0 aliphatic rings. The molecular weight excluding hydrogens is 290 g/mol. The van der Waals surface area contributed by atoms with Crippen LogP contribution >= 0.6 is 15.9 Å². The first-order valence-electron chi connectivity index (χ1n) is 5.56. The van der Waals surface area contributed by atoms with Crippen molar-refractivity contribution in [3.8, 4) is 17.1 Å². The second kappa shape index (κ2) is 4.74. The third-order valence-corrected chi connectivity index (χ3v) is 3.14. The number of aromatic nitrogens is 3. The van der Waals surface area contributed by atoms with Crippen molar-refractivity contribution in [1.82, 2.24) is 14.8 Å². The summed E-state index contributed by atoms with van der Waals surface area (Å²) in [5, 5.41) is 4.47. The lowest BCUT2D eigenvalue weighted by Crippen LogP contribution is -1.93. The van der Waals surface area contributed by atoms with Gasteiger partial charge >= 0.3 is 0 Å². The summed E-state index contributed by atoms with van der Waals surface area (Å²) >= 11 is 3.41. The second-order valence-electron chi connectivity index (χ2n) is 3.86.